The highest BCUT2D eigenvalue weighted by Gasteiger charge is 2.18. The van der Waals surface area contributed by atoms with Crippen LogP contribution in [0.15, 0.2) is 36.4 Å². The largest absolute Gasteiger partial charge is 0.506 e. The first-order chi connectivity index (χ1) is 9.88. The smallest absolute Gasteiger partial charge is 0.270 e. The average Bonchev–Trinajstić information content (AvgIpc) is 2.43. The summed E-state index contributed by atoms with van der Waals surface area (Å²) in [7, 11) is 0. The molecule has 21 heavy (non-hydrogen) atoms. The zero-order valence-electron chi connectivity index (χ0n) is 10.3. The van der Waals surface area contributed by atoms with E-state index in [9.17, 15) is 24.4 Å². The Hall–Kier alpha value is -2.67. The number of hydrogen-bond donors (Lipinski definition) is 2. The number of halogens is 2. The summed E-state index contributed by atoms with van der Waals surface area (Å²) in [6, 6.07) is 6.51. The number of amides is 1. The van der Waals surface area contributed by atoms with Gasteiger partial charge in [-0.25, -0.2) is 4.39 Å². The fourth-order valence-corrected chi connectivity index (χ4v) is 1.77. The van der Waals surface area contributed by atoms with Gasteiger partial charge in [0.2, 0.25) is 0 Å². The third kappa shape index (κ3) is 3.26. The van der Waals surface area contributed by atoms with Crippen LogP contribution in [0.1, 0.15) is 10.4 Å². The van der Waals surface area contributed by atoms with Crippen molar-refractivity contribution in [2.45, 2.75) is 0 Å². The average molecular weight is 311 g/mol. The fourth-order valence-electron chi connectivity index (χ4n) is 1.60. The van der Waals surface area contributed by atoms with Crippen LogP contribution in [0.2, 0.25) is 5.02 Å². The van der Waals surface area contributed by atoms with Crippen molar-refractivity contribution in [3.8, 4) is 5.75 Å². The van der Waals surface area contributed by atoms with Crippen LogP contribution < -0.4 is 5.32 Å². The highest BCUT2D eigenvalue weighted by molar-refractivity contribution is 6.31. The SMILES string of the molecule is O=C(Nc1cc(Cl)ccc1O)c1cc([N+](=O)[O-])ccc1F. The van der Waals surface area contributed by atoms with Crippen LogP contribution in [0.25, 0.3) is 0 Å². The molecule has 0 fully saturated rings. The first-order valence-electron chi connectivity index (χ1n) is 5.62. The quantitative estimate of drug-likeness (QED) is 0.516. The van der Waals surface area contributed by atoms with E-state index in [0.717, 1.165) is 18.2 Å². The van der Waals surface area contributed by atoms with Crippen molar-refractivity contribution < 1.29 is 19.2 Å². The number of phenolic OH excluding ortho intramolecular Hbond substituents is 1. The molecular weight excluding hydrogens is 303 g/mol. The van der Waals surface area contributed by atoms with Gasteiger partial charge < -0.3 is 10.4 Å². The molecule has 108 valence electrons. The van der Waals surface area contributed by atoms with E-state index < -0.39 is 27.9 Å². The van der Waals surface area contributed by atoms with E-state index in [2.05, 4.69) is 5.32 Å². The summed E-state index contributed by atoms with van der Waals surface area (Å²) in [6.45, 7) is 0. The van der Waals surface area contributed by atoms with E-state index >= 15 is 0 Å². The molecule has 0 radical (unpaired) electrons. The first-order valence-corrected chi connectivity index (χ1v) is 6.00. The van der Waals surface area contributed by atoms with E-state index in [0.29, 0.717) is 0 Å². The summed E-state index contributed by atoms with van der Waals surface area (Å²) in [5.74, 6) is -2.12. The van der Waals surface area contributed by atoms with Crippen molar-refractivity contribution in [1.82, 2.24) is 0 Å². The van der Waals surface area contributed by atoms with Gasteiger partial charge in [-0.3, -0.25) is 14.9 Å². The number of nitrogens with zero attached hydrogens (tertiary/aromatic N) is 1. The fraction of sp³-hybridized carbons (Fsp3) is 0. The van der Waals surface area contributed by atoms with Gasteiger partial charge in [-0.05, 0) is 24.3 Å². The maximum Gasteiger partial charge on any atom is 0.270 e. The molecule has 0 heterocycles. The van der Waals surface area contributed by atoms with Crippen molar-refractivity contribution in [2.24, 2.45) is 0 Å². The second-order valence-electron chi connectivity index (χ2n) is 4.04. The van der Waals surface area contributed by atoms with Crippen LogP contribution in [0.5, 0.6) is 5.75 Å². The van der Waals surface area contributed by atoms with Gasteiger partial charge in [-0.1, -0.05) is 11.6 Å². The maximum absolute atomic E-state index is 13.6. The van der Waals surface area contributed by atoms with Crippen LogP contribution in [-0.2, 0) is 0 Å². The second-order valence-corrected chi connectivity index (χ2v) is 4.47. The number of nitro groups is 1. The Labute approximate surface area is 122 Å². The van der Waals surface area contributed by atoms with Crippen molar-refractivity contribution in [3.05, 3.63) is 62.9 Å². The van der Waals surface area contributed by atoms with E-state index in [1.807, 2.05) is 0 Å². The topological polar surface area (TPSA) is 92.5 Å². The molecule has 0 bridgehead atoms. The number of anilines is 1. The molecule has 0 saturated carbocycles. The minimum Gasteiger partial charge on any atom is -0.506 e. The molecule has 0 aliphatic rings. The molecule has 0 aliphatic carbocycles. The summed E-state index contributed by atoms with van der Waals surface area (Å²) in [4.78, 5) is 21.8. The molecule has 0 spiro atoms. The number of carbonyl (C=O) groups is 1. The van der Waals surface area contributed by atoms with Crippen molar-refractivity contribution in [1.29, 1.82) is 0 Å². The standard InChI is InChI=1S/C13H8ClFN2O4/c14-7-1-4-12(18)11(5-7)16-13(19)9-6-8(17(20)21)2-3-10(9)15/h1-6,18H,(H,16,19). The van der Waals surface area contributed by atoms with Crippen LogP contribution in [0, 0.1) is 15.9 Å². The molecule has 2 N–H and O–H groups in total. The maximum atomic E-state index is 13.6. The molecular formula is C13H8ClFN2O4. The molecule has 2 rings (SSSR count). The molecule has 0 aromatic heterocycles. The third-order valence-corrected chi connectivity index (χ3v) is 2.85. The summed E-state index contributed by atoms with van der Waals surface area (Å²) >= 11 is 5.72. The van der Waals surface area contributed by atoms with Gasteiger partial charge in [0.15, 0.2) is 0 Å². The van der Waals surface area contributed by atoms with Gasteiger partial charge in [-0.2, -0.15) is 0 Å². The normalized spacial score (nSPS) is 10.2. The summed E-state index contributed by atoms with van der Waals surface area (Å²) in [6.07, 6.45) is 0. The lowest BCUT2D eigenvalue weighted by molar-refractivity contribution is -0.384. The van der Waals surface area contributed by atoms with Crippen LogP contribution in [0.3, 0.4) is 0 Å². The molecule has 2 aromatic rings. The van der Waals surface area contributed by atoms with E-state index in [4.69, 9.17) is 11.6 Å². The van der Waals surface area contributed by atoms with E-state index in [-0.39, 0.29) is 16.5 Å². The number of rotatable bonds is 3. The number of hydrogen-bond acceptors (Lipinski definition) is 4. The Bertz CT molecular complexity index is 736. The molecule has 8 heteroatoms. The van der Waals surface area contributed by atoms with Gasteiger partial charge in [0.25, 0.3) is 11.6 Å². The number of benzene rings is 2. The van der Waals surface area contributed by atoms with Crippen molar-refractivity contribution >= 4 is 28.9 Å². The zero-order chi connectivity index (χ0) is 15.6. The molecule has 0 atom stereocenters. The molecule has 0 saturated heterocycles. The van der Waals surface area contributed by atoms with Gasteiger partial charge in [0.05, 0.1) is 16.2 Å². The Morgan fingerprint density at radius 3 is 2.67 bits per heavy atom. The zero-order valence-corrected chi connectivity index (χ0v) is 11.1. The number of carbonyl (C=O) groups excluding carboxylic acids is 1. The lowest BCUT2D eigenvalue weighted by Gasteiger charge is -2.08. The first kappa shape index (κ1) is 14.7. The summed E-state index contributed by atoms with van der Waals surface area (Å²) in [5.41, 5.74) is -0.959. The highest BCUT2D eigenvalue weighted by atomic mass is 35.5. The number of phenols is 1. The molecule has 2 aromatic carbocycles. The number of non-ortho nitro benzene ring substituents is 1. The molecule has 0 aliphatic heterocycles. The molecule has 1 amide bonds. The van der Waals surface area contributed by atoms with Gasteiger partial charge >= 0.3 is 0 Å². The third-order valence-electron chi connectivity index (χ3n) is 2.61. The second kappa shape index (κ2) is 5.76. The molecule has 6 nitrogen and oxygen atoms in total. The Kier molecular flexibility index (Phi) is 4.04. The van der Waals surface area contributed by atoms with Gasteiger partial charge in [0, 0.05) is 17.2 Å². The summed E-state index contributed by atoms with van der Waals surface area (Å²) < 4.78 is 13.6. The number of nitro benzene ring substituents is 1. The van der Waals surface area contributed by atoms with E-state index in [1.54, 1.807) is 0 Å². The minimum atomic E-state index is -0.936. The van der Waals surface area contributed by atoms with Crippen LogP contribution in [0.4, 0.5) is 15.8 Å². The Morgan fingerprint density at radius 2 is 2.00 bits per heavy atom. The highest BCUT2D eigenvalue weighted by Crippen LogP contribution is 2.27. The predicted octanol–water partition coefficient (Wildman–Crippen LogP) is 3.35. The monoisotopic (exact) mass is 310 g/mol. The Morgan fingerprint density at radius 1 is 1.29 bits per heavy atom. The van der Waals surface area contributed by atoms with Gasteiger partial charge in [-0.15, -0.1) is 0 Å². The van der Waals surface area contributed by atoms with Gasteiger partial charge in [0.1, 0.15) is 11.6 Å². The van der Waals surface area contributed by atoms with Crippen LogP contribution >= 0.6 is 11.6 Å². The van der Waals surface area contributed by atoms with Crippen molar-refractivity contribution in [2.75, 3.05) is 5.32 Å². The lowest BCUT2D eigenvalue weighted by Crippen LogP contribution is -2.14. The van der Waals surface area contributed by atoms with E-state index in [1.165, 1.54) is 18.2 Å². The minimum absolute atomic E-state index is 0.0293. The molecule has 0 unspecified atom stereocenters. The summed E-state index contributed by atoms with van der Waals surface area (Å²) in [5, 5.41) is 22.7. The number of aromatic hydroxyl groups is 1. The Balaban J connectivity index is 2.34. The lowest BCUT2D eigenvalue weighted by atomic mass is 10.1. The van der Waals surface area contributed by atoms with Crippen molar-refractivity contribution in [3.63, 3.8) is 0 Å². The predicted molar refractivity (Wildman–Crippen MR) is 74.1 cm³/mol. The number of nitrogens with one attached hydrogen (secondary N) is 1. The van der Waals surface area contributed by atoms with Crippen LogP contribution in [-0.4, -0.2) is 15.9 Å².